The average molecular weight is 498 g/mol. The number of hydrogen-bond acceptors (Lipinski definition) is 2. The topological polar surface area (TPSA) is 56.7 Å². The summed E-state index contributed by atoms with van der Waals surface area (Å²) in [5, 5.41) is 6.92. The van der Waals surface area contributed by atoms with Gasteiger partial charge in [0.25, 0.3) is 0 Å². The van der Waals surface area contributed by atoms with Crippen LogP contribution in [0.5, 0.6) is 0 Å². The van der Waals surface area contributed by atoms with Crippen LogP contribution in [0.2, 0.25) is 0 Å². The normalized spacial score (nSPS) is 22.1. The van der Waals surface area contributed by atoms with Crippen LogP contribution < -0.4 is 10.6 Å². The Morgan fingerprint density at radius 2 is 2.04 bits per heavy atom. The minimum Gasteiger partial charge on any atom is -0.356 e. The Hall–Kier alpha value is -1.31. The Morgan fingerprint density at radius 3 is 2.79 bits per heavy atom. The molecular formula is C22H35IN4O. The molecule has 6 heteroatoms. The first-order valence-corrected chi connectivity index (χ1v) is 10.5. The van der Waals surface area contributed by atoms with Crippen LogP contribution in [0.15, 0.2) is 29.3 Å². The summed E-state index contributed by atoms with van der Waals surface area (Å²) in [6, 6.07) is 8.97. The Kier molecular flexibility index (Phi) is 9.55. The van der Waals surface area contributed by atoms with Crippen molar-refractivity contribution in [2.75, 3.05) is 20.1 Å². The summed E-state index contributed by atoms with van der Waals surface area (Å²) in [5.74, 6) is 1.92. The highest BCUT2D eigenvalue weighted by Gasteiger charge is 2.21. The molecule has 0 radical (unpaired) electrons. The zero-order chi connectivity index (χ0) is 19.1. The fourth-order valence-electron chi connectivity index (χ4n) is 4.27. The van der Waals surface area contributed by atoms with E-state index in [1.54, 1.807) is 0 Å². The van der Waals surface area contributed by atoms with Crippen LogP contribution in [0.25, 0.3) is 0 Å². The Bertz CT molecular complexity index is 664. The van der Waals surface area contributed by atoms with E-state index in [4.69, 9.17) is 0 Å². The van der Waals surface area contributed by atoms with Gasteiger partial charge in [0, 0.05) is 39.1 Å². The van der Waals surface area contributed by atoms with E-state index in [9.17, 15) is 4.79 Å². The van der Waals surface area contributed by atoms with Gasteiger partial charge in [0.1, 0.15) is 0 Å². The van der Waals surface area contributed by atoms with E-state index in [0.29, 0.717) is 12.5 Å². The lowest BCUT2D eigenvalue weighted by atomic mass is 9.87. The van der Waals surface area contributed by atoms with Gasteiger partial charge in [0.15, 0.2) is 5.96 Å². The van der Waals surface area contributed by atoms with Gasteiger partial charge in [-0.1, -0.05) is 44.0 Å². The lowest BCUT2D eigenvalue weighted by molar-refractivity contribution is -0.132. The number of hydrogen-bond donors (Lipinski definition) is 2. The molecule has 28 heavy (non-hydrogen) atoms. The minimum atomic E-state index is 0. The van der Waals surface area contributed by atoms with E-state index in [2.05, 4.69) is 46.8 Å². The van der Waals surface area contributed by atoms with Gasteiger partial charge in [-0.3, -0.25) is 9.79 Å². The highest BCUT2D eigenvalue weighted by Crippen LogP contribution is 2.23. The molecule has 1 aromatic carbocycles. The molecule has 1 saturated carbocycles. The van der Waals surface area contributed by atoms with Crippen molar-refractivity contribution in [3.8, 4) is 0 Å². The van der Waals surface area contributed by atoms with Crippen LogP contribution in [0, 0.1) is 5.92 Å². The molecule has 1 amide bonds. The third kappa shape index (κ3) is 6.64. The number of benzene rings is 1. The largest absolute Gasteiger partial charge is 0.356 e. The highest BCUT2D eigenvalue weighted by atomic mass is 127. The van der Waals surface area contributed by atoms with Gasteiger partial charge in [-0.15, -0.1) is 24.0 Å². The summed E-state index contributed by atoms with van der Waals surface area (Å²) in [7, 11) is 1.82. The minimum absolute atomic E-state index is 0. The quantitative estimate of drug-likeness (QED) is 0.282. The van der Waals surface area contributed by atoms with Gasteiger partial charge in [-0.05, 0) is 42.7 Å². The average Bonchev–Trinajstić information content (AvgIpc) is 2.69. The van der Waals surface area contributed by atoms with Crippen molar-refractivity contribution < 1.29 is 4.79 Å². The molecule has 1 aromatic rings. The standard InChI is InChI=1S/C22H34N4O.HI/c1-17-7-5-10-20(15-17)25-22(23-2)24-13-6-11-21(27)26-14-12-18-8-3-4-9-19(18)16-26;/h3-4,8-9,17,20H,5-7,10-16H2,1-2H3,(H2,23,24,25);1H. The SMILES string of the molecule is CN=C(NCCCC(=O)N1CCc2ccccc2C1)NC1CCCC(C)C1.I. The Balaban J connectivity index is 0.00000280. The maximum absolute atomic E-state index is 12.5. The molecule has 0 saturated heterocycles. The summed E-state index contributed by atoms with van der Waals surface area (Å²) in [6.07, 6.45) is 7.47. The van der Waals surface area contributed by atoms with E-state index in [-0.39, 0.29) is 29.9 Å². The first-order valence-electron chi connectivity index (χ1n) is 10.5. The van der Waals surface area contributed by atoms with Gasteiger partial charge >= 0.3 is 0 Å². The Morgan fingerprint density at radius 1 is 1.25 bits per heavy atom. The number of guanidine groups is 1. The van der Waals surface area contributed by atoms with Crippen LogP contribution in [-0.2, 0) is 17.8 Å². The molecule has 2 unspecified atom stereocenters. The van der Waals surface area contributed by atoms with Crippen molar-refractivity contribution in [2.45, 2.75) is 64.5 Å². The number of amides is 1. The first kappa shape index (κ1) is 23.0. The van der Waals surface area contributed by atoms with Crippen molar-refractivity contribution in [3.63, 3.8) is 0 Å². The molecule has 3 rings (SSSR count). The number of nitrogens with zero attached hydrogens (tertiary/aromatic N) is 2. The number of rotatable bonds is 5. The fourth-order valence-corrected chi connectivity index (χ4v) is 4.27. The number of carbonyl (C=O) groups excluding carboxylic acids is 1. The van der Waals surface area contributed by atoms with Gasteiger partial charge in [-0.2, -0.15) is 0 Å². The highest BCUT2D eigenvalue weighted by molar-refractivity contribution is 14.0. The molecule has 1 aliphatic carbocycles. The number of nitrogens with one attached hydrogen (secondary N) is 2. The van der Waals surface area contributed by atoms with Gasteiger partial charge in [-0.25, -0.2) is 0 Å². The van der Waals surface area contributed by atoms with E-state index in [0.717, 1.165) is 44.4 Å². The predicted octanol–water partition coefficient (Wildman–Crippen LogP) is 3.71. The summed E-state index contributed by atoms with van der Waals surface area (Å²) in [4.78, 5) is 18.9. The Labute approximate surface area is 186 Å². The number of aliphatic imine (C=N–C) groups is 1. The molecule has 2 atom stereocenters. The molecule has 2 N–H and O–H groups in total. The van der Waals surface area contributed by atoms with Crippen LogP contribution in [0.4, 0.5) is 0 Å². The molecule has 0 aromatic heterocycles. The number of fused-ring (bicyclic) bond motifs is 1. The molecule has 156 valence electrons. The second-order valence-electron chi connectivity index (χ2n) is 8.05. The van der Waals surface area contributed by atoms with E-state index < -0.39 is 0 Å². The first-order chi connectivity index (χ1) is 13.2. The zero-order valence-electron chi connectivity index (χ0n) is 17.2. The van der Waals surface area contributed by atoms with Crippen molar-refractivity contribution in [1.29, 1.82) is 0 Å². The van der Waals surface area contributed by atoms with Crippen molar-refractivity contribution >= 4 is 35.8 Å². The molecule has 2 aliphatic rings. The van der Waals surface area contributed by atoms with Crippen LogP contribution >= 0.6 is 24.0 Å². The molecule has 0 spiro atoms. The molecular weight excluding hydrogens is 463 g/mol. The summed E-state index contributed by atoms with van der Waals surface area (Å²) >= 11 is 0. The maximum Gasteiger partial charge on any atom is 0.222 e. The number of halogens is 1. The second-order valence-corrected chi connectivity index (χ2v) is 8.05. The van der Waals surface area contributed by atoms with Crippen LogP contribution in [-0.4, -0.2) is 42.9 Å². The smallest absolute Gasteiger partial charge is 0.222 e. The van der Waals surface area contributed by atoms with Crippen molar-refractivity contribution in [2.24, 2.45) is 10.9 Å². The van der Waals surface area contributed by atoms with Crippen LogP contribution in [0.3, 0.4) is 0 Å². The third-order valence-electron chi connectivity index (χ3n) is 5.84. The summed E-state index contributed by atoms with van der Waals surface area (Å²) in [5.41, 5.74) is 2.68. The fraction of sp³-hybridized carbons (Fsp3) is 0.636. The third-order valence-corrected chi connectivity index (χ3v) is 5.84. The predicted molar refractivity (Wildman–Crippen MR) is 126 cm³/mol. The summed E-state index contributed by atoms with van der Waals surface area (Å²) in [6.45, 7) is 4.70. The second kappa shape index (κ2) is 11.6. The van der Waals surface area contributed by atoms with Crippen molar-refractivity contribution in [3.05, 3.63) is 35.4 Å². The molecule has 1 heterocycles. The molecule has 1 aliphatic heterocycles. The van der Waals surface area contributed by atoms with Gasteiger partial charge in [0.2, 0.25) is 5.91 Å². The lowest BCUT2D eigenvalue weighted by Gasteiger charge is -2.29. The molecule has 5 nitrogen and oxygen atoms in total. The van der Waals surface area contributed by atoms with Crippen molar-refractivity contribution in [1.82, 2.24) is 15.5 Å². The molecule has 0 bridgehead atoms. The zero-order valence-corrected chi connectivity index (χ0v) is 19.6. The monoisotopic (exact) mass is 498 g/mol. The van der Waals surface area contributed by atoms with E-state index in [1.807, 2.05) is 11.9 Å². The van der Waals surface area contributed by atoms with Crippen LogP contribution in [0.1, 0.15) is 56.6 Å². The lowest BCUT2D eigenvalue weighted by Crippen LogP contribution is -2.45. The van der Waals surface area contributed by atoms with E-state index >= 15 is 0 Å². The van der Waals surface area contributed by atoms with Gasteiger partial charge < -0.3 is 15.5 Å². The molecule has 1 fully saturated rings. The van der Waals surface area contributed by atoms with E-state index in [1.165, 1.54) is 36.8 Å². The van der Waals surface area contributed by atoms with Gasteiger partial charge in [0.05, 0.1) is 0 Å². The summed E-state index contributed by atoms with van der Waals surface area (Å²) < 4.78 is 0. The maximum atomic E-state index is 12.5. The number of carbonyl (C=O) groups is 1.